The first kappa shape index (κ1) is 8.49. The highest BCUT2D eigenvalue weighted by molar-refractivity contribution is 5.77. The van der Waals surface area contributed by atoms with Crippen LogP contribution in [0.15, 0.2) is 0 Å². The van der Waals surface area contributed by atoms with Crippen molar-refractivity contribution in [2.75, 3.05) is 19.7 Å². The minimum Gasteiger partial charge on any atom is -0.387 e. The van der Waals surface area contributed by atoms with Crippen LogP contribution in [0.25, 0.3) is 0 Å². The topological polar surface area (TPSA) is 61.4 Å². The van der Waals surface area contributed by atoms with Crippen LogP contribution in [0.4, 0.5) is 0 Å². The normalized spacial score (nSPS) is 24.6. The van der Waals surface area contributed by atoms with Gasteiger partial charge in [-0.15, -0.1) is 0 Å². The van der Waals surface area contributed by atoms with E-state index in [0.29, 0.717) is 0 Å². The van der Waals surface area contributed by atoms with E-state index < -0.39 is 6.61 Å². The highest BCUT2D eigenvalue weighted by Crippen LogP contribution is 2.00. The lowest BCUT2D eigenvalue weighted by Gasteiger charge is -2.23. The number of hydrogen-bond donors (Lipinski definition) is 3. The molecule has 1 heterocycles. The van der Waals surface area contributed by atoms with Gasteiger partial charge in [0.2, 0.25) is 5.91 Å². The Bertz CT molecular complexity index is 132. The summed E-state index contributed by atoms with van der Waals surface area (Å²) in [6, 6.07) is 0.211. The predicted octanol–water partition coefficient (Wildman–Crippen LogP) is -1.15. The lowest BCUT2D eigenvalue weighted by Crippen LogP contribution is -2.46. The number of hydrogen-bond acceptors (Lipinski definition) is 3. The molecule has 64 valence electrons. The Hall–Kier alpha value is -0.610. The SMILES string of the molecule is O=C(CO)NC1CCCNC1. The van der Waals surface area contributed by atoms with Crippen LogP contribution in [-0.4, -0.2) is 36.8 Å². The minimum absolute atomic E-state index is 0.211. The number of carbonyl (C=O) groups is 1. The van der Waals surface area contributed by atoms with Crippen LogP contribution in [0.3, 0.4) is 0 Å². The third-order valence-corrected chi connectivity index (χ3v) is 1.81. The van der Waals surface area contributed by atoms with Gasteiger partial charge in [-0.05, 0) is 19.4 Å². The molecule has 0 radical (unpaired) electrons. The molecule has 1 fully saturated rings. The van der Waals surface area contributed by atoms with Crippen molar-refractivity contribution < 1.29 is 9.90 Å². The molecule has 11 heavy (non-hydrogen) atoms. The molecular formula is C7H14N2O2. The van der Waals surface area contributed by atoms with Gasteiger partial charge in [0.15, 0.2) is 0 Å². The van der Waals surface area contributed by atoms with Crippen LogP contribution in [0.5, 0.6) is 0 Å². The van der Waals surface area contributed by atoms with Gasteiger partial charge in [0.25, 0.3) is 0 Å². The van der Waals surface area contributed by atoms with Crippen LogP contribution in [0, 0.1) is 0 Å². The van der Waals surface area contributed by atoms with Gasteiger partial charge in [-0.3, -0.25) is 4.79 Å². The first-order chi connectivity index (χ1) is 5.33. The molecule has 1 aliphatic rings. The summed E-state index contributed by atoms with van der Waals surface area (Å²) >= 11 is 0. The van der Waals surface area contributed by atoms with E-state index in [2.05, 4.69) is 10.6 Å². The first-order valence-corrected chi connectivity index (χ1v) is 3.94. The molecule has 4 heteroatoms. The van der Waals surface area contributed by atoms with Crippen LogP contribution >= 0.6 is 0 Å². The van der Waals surface area contributed by atoms with Crippen LogP contribution in [0.2, 0.25) is 0 Å². The summed E-state index contributed by atoms with van der Waals surface area (Å²) in [6.07, 6.45) is 2.11. The third kappa shape index (κ3) is 2.86. The van der Waals surface area contributed by atoms with Gasteiger partial charge in [-0.2, -0.15) is 0 Å². The van der Waals surface area contributed by atoms with Crippen molar-refractivity contribution >= 4 is 5.91 Å². The largest absolute Gasteiger partial charge is 0.387 e. The number of nitrogens with one attached hydrogen (secondary N) is 2. The highest BCUT2D eigenvalue weighted by atomic mass is 16.3. The summed E-state index contributed by atoms with van der Waals surface area (Å²) in [6.45, 7) is 1.45. The van der Waals surface area contributed by atoms with Gasteiger partial charge in [0.1, 0.15) is 6.61 Å². The van der Waals surface area contributed by atoms with E-state index in [4.69, 9.17) is 5.11 Å². The molecule has 1 unspecified atom stereocenters. The Labute approximate surface area is 66.0 Å². The number of rotatable bonds is 2. The molecule has 1 amide bonds. The maximum atomic E-state index is 10.7. The van der Waals surface area contributed by atoms with E-state index in [1.165, 1.54) is 0 Å². The molecule has 0 aromatic heterocycles. The Kier molecular flexibility index (Phi) is 3.32. The molecule has 1 atom stereocenters. The molecule has 1 aliphatic heterocycles. The zero-order valence-corrected chi connectivity index (χ0v) is 6.47. The number of aliphatic hydroxyl groups excluding tert-OH is 1. The van der Waals surface area contributed by atoms with Crippen LogP contribution in [0.1, 0.15) is 12.8 Å². The van der Waals surface area contributed by atoms with E-state index >= 15 is 0 Å². The van der Waals surface area contributed by atoms with E-state index in [1.54, 1.807) is 0 Å². The number of amides is 1. The van der Waals surface area contributed by atoms with Gasteiger partial charge >= 0.3 is 0 Å². The molecule has 0 aromatic rings. The minimum atomic E-state index is -0.406. The Morgan fingerprint density at radius 3 is 3.09 bits per heavy atom. The monoisotopic (exact) mass is 158 g/mol. The highest BCUT2D eigenvalue weighted by Gasteiger charge is 2.13. The van der Waals surface area contributed by atoms with E-state index in [-0.39, 0.29) is 11.9 Å². The van der Waals surface area contributed by atoms with E-state index in [9.17, 15) is 4.79 Å². The van der Waals surface area contributed by atoms with Gasteiger partial charge in [0, 0.05) is 12.6 Å². The molecular weight excluding hydrogens is 144 g/mol. The van der Waals surface area contributed by atoms with Gasteiger partial charge in [0.05, 0.1) is 0 Å². The van der Waals surface area contributed by atoms with Crippen LogP contribution < -0.4 is 10.6 Å². The molecule has 1 saturated heterocycles. The maximum Gasteiger partial charge on any atom is 0.245 e. The second kappa shape index (κ2) is 4.31. The van der Waals surface area contributed by atoms with Crippen molar-refractivity contribution in [2.45, 2.75) is 18.9 Å². The zero-order valence-electron chi connectivity index (χ0n) is 6.47. The fourth-order valence-corrected chi connectivity index (χ4v) is 1.25. The standard InChI is InChI=1S/C7H14N2O2/c10-5-7(11)9-6-2-1-3-8-4-6/h6,8,10H,1-5H2,(H,9,11). The summed E-state index contributed by atoms with van der Waals surface area (Å²) < 4.78 is 0. The first-order valence-electron chi connectivity index (χ1n) is 3.94. The van der Waals surface area contributed by atoms with Gasteiger partial charge in [-0.25, -0.2) is 0 Å². The lowest BCUT2D eigenvalue weighted by molar-refractivity contribution is -0.124. The fraction of sp³-hybridized carbons (Fsp3) is 0.857. The zero-order chi connectivity index (χ0) is 8.10. The molecule has 4 nitrogen and oxygen atoms in total. The summed E-state index contributed by atoms with van der Waals surface area (Å²) in [4.78, 5) is 10.7. The average molecular weight is 158 g/mol. The Morgan fingerprint density at radius 1 is 1.73 bits per heavy atom. The quantitative estimate of drug-likeness (QED) is 0.475. The number of aliphatic hydroxyl groups is 1. The van der Waals surface area contributed by atoms with Crippen molar-refractivity contribution in [1.29, 1.82) is 0 Å². The molecule has 0 spiro atoms. The Morgan fingerprint density at radius 2 is 2.55 bits per heavy atom. The van der Waals surface area contributed by atoms with E-state index in [0.717, 1.165) is 25.9 Å². The maximum absolute atomic E-state index is 10.7. The fourth-order valence-electron chi connectivity index (χ4n) is 1.25. The smallest absolute Gasteiger partial charge is 0.245 e. The summed E-state index contributed by atoms with van der Waals surface area (Å²) in [5.74, 6) is -0.279. The lowest BCUT2D eigenvalue weighted by atomic mass is 10.1. The second-order valence-corrected chi connectivity index (χ2v) is 2.77. The third-order valence-electron chi connectivity index (χ3n) is 1.81. The van der Waals surface area contributed by atoms with Gasteiger partial charge in [-0.1, -0.05) is 0 Å². The van der Waals surface area contributed by atoms with Crippen molar-refractivity contribution in [3.63, 3.8) is 0 Å². The Balaban J connectivity index is 2.19. The summed E-state index contributed by atoms with van der Waals surface area (Å²) in [5.41, 5.74) is 0. The number of carbonyl (C=O) groups excluding carboxylic acids is 1. The van der Waals surface area contributed by atoms with Crippen LogP contribution in [-0.2, 0) is 4.79 Å². The van der Waals surface area contributed by atoms with Gasteiger partial charge < -0.3 is 15.7 Å². The van der Waals surface area contributed by atoms with Crippen molar-refractivity contribution in [3.05, 3.63) is 0 Å². The second-order valence-electron chi connectivity index (χ2n) is 2.77. The van der Waals surface area contributed by atoms with Crippen molar-refractivity contribution in [1.82, 2.24) is 10.6 Å². The molecule has 3 N–H and O–H groups in total. The number of piperidine rings is 1. The molecule has 0 aliphatic carbocycles. The molecule has 1 rings (SSSR count). The summed E-state index contributed by atoms with van der Waals surface area (Å²) in [7, 11) is 0. The molecule has 0 saturated carbocycles. The van der Waals surface area contributed by atoms with Crippen molar-refractivity contribution in [2.24, 2.45) is 0 Å². The average Bonchev–Trinajstić information content (AvgIpc) is 2.06. The molecule has 0 bridgehead atoms. The van der Waals surface area contributed by atoms with Crippen molar-refractivity contribution in [3.8, 4) is 0 Å². The predicted molar refractivity (Wildman–Crippen MR) is 41.1 cm³/mol. The summed E-state index contributed by atoms with van der Waals surface area (Å²) in [5, 5.41) is 14.3. The molecule has 0 aromatic carbocycles. The van der Waals surface area contributed by atoms with E-state index in [1.807, 2.05) is 0 Å².